The number of carbonyl (C=O) groups is 1. The zero-order valence-electron chi connectivity index (χ0n) is 16.1. The molecule has 0 aliphatic carbocycles. The number of aromatic nitrogens is 2. The lowest BCUT2D eigenvalue weighted by Crippen LogP contribution is -2.47. The van der Waals surface area contributed by atoms with E-state index in [0.29, 0.717) is 37.0 Å². The smallest absolute Gasteiger partial charge is 0.270 e. The second kappa shape index (κ2) is 8.30. The summed E-state index contributed by atoms with van der Waals surface area (Å²) >= 11 is 0. The van der Waals surface area contributed by atoms with E-state index in [-0.39, 0.29) is 11.7 Å². The number of aryl methyl sites for hydroxylation is 1. The molecule has 0 spiro atoms. The van der Waals surface area contributed by atoms with Crippen LogP contribution in [0.25, 0.3) is 0 Å². The fourth-order valence-corrected chi connectivity index (χ4v) is 3.30. The van der Waals surface area contributed by atoms with Crippen molar-refractivity contribution in [3.63, 3.8) is 0 Å². The summed E-state index contributed by atoms with van der Waals surface area (Å²) in [6, 6.07) is 11.8. The van der Waals surface area contributed by atoms with E-state index in [1.807, 2.05) is 6.92 Å². The van der Waals surface area contributed by atoms with Crippen molar-refractivity contribution in [2.45, 2.75) is 13.5 Å². The Balaban J connectivity index is 1.41. The van der Waals surface area contributed by atoms with E-state index in [4.69, 9.17) is 4.42 Å². The molecule has 0 radical (unpaired) electrons. The fraction of sp³-hybridized carbons (Fsp3) is 0.286. The van der Waals surface area contributed by atoms with Crippen molar-refractivity contribution in [3.8, 4) is 0 Å². The molecule has 150 valence electrons. The number of benzene rings is 1. The Morgan fingerprint density at radius 1 is 1.10 bits per heavy atom. The lowest BCUT2D eigenvalue weighted by atomic mass is 10.2. The largest absolute Gasteiger partial charge is 0.467 e. The molecule has 2 aromatic heterocycles. The van der Waals surface area contributed by atoms with E-state index in [9.17, 15) is 9.18 Å². The van der Waals surface area contributed by atoms with Gasteiger partial charge in [0, 0.05) is 37.6 Å². The highest BCUT2D eigenvalue weighted by atomic mass is 19.1. The van der Waals surface area contributed by atoms with Crippen molar-refractivity contribution in [1.29, 1.82) is 0 Å². The minimum absolute atomic E-state index is 0.238. The summed E-state index contributed by atoms with van der Waals surface area (Å²) in [5, 5.41) is 2.81. The summed E-state index contributed by atoms with van der Waals surface area (Å²) in [6.07, 6.45) is 1.57. The van der Waals surface area contributed by atoms with E-state index in [1.165, 1.54) is 12.1 Å². The van der Waals surface area contributed by atoms with Gasteiger partial charge in [-0.3, -0.25) is 4.79 Å². The average Bonchev–Trinajstić information content (AvgIpc) is 3.26. The Morgan fingerprint density at radius 2 is 1.83 bits per heavy atom. The Labute approximate surface area is 168 Å². The molecular weight excluding hydrogens is 373 g/mol. The molecule has 1 amide bonds. The molecule has 0 saturated carbocycles. The maximum atomic E-state index is 13.1. The summed E-state index contributed by atoms with van der Waals surface area (Å²) in [6.45, 7) is 5.12. The van der Waals surface area contributed by atoms with Crippen LogP contribution < -0.4 is 15.1 Å². The van der Waals surface area contributed by atoms with Gasteiger partial charge in [-0.05, 0) is 49.4 Å². The van der Waals surface area contributed by atoms with Crippen LogP contribution in [0, 0.1) is 12.7 Å². The lowest BCUT2D eigenvalue weighted by Gasteiger charge is -2.36. The van der Waals surface area contributed by atoms with E-state index in [2.05, 4.69) is 25.1 Å². The first-order chi connectivity index (χ1) is 14.1. The zero-order valence-corrected chi connectivity index (χ0v) is 16.1. The molecule has 0 atom stereocenters. The molecule has 1 fully saturated rings. The van der Waals surface area contributed by atoms with E-state index in [1.54, 1.807) is 36.6 Å². The summed E-state index contributed by atoms with van der Waals surface area (Å²) in [5.41, 5.74) is 2.06. The SMILES string of the molecule is Cc1cc(C(=O)NCc2ccco2)nc(N2CCN(c3ccc(F)cc3)CC2)n1. The van der Waals surface area contributed by atoms with Gasteiger partial charge in [0.15, 0.2) is 0 Å². The van der Waals surface area contributed by atoms with E-state index < -0.39 is 0 Å². The number of rotatable bonds is 5. The second-order valence-electron chi connectivity index (χ2n) is 6.91. The Bertz CT molecular complexity index is 967. The van der Waals surface area contributed by atoms with Gasteiger partial charge in [-0.15, -0.1) is 0 Å². The first-order valence-electron chi connectivity index (χ1n) is 9.50. The first-order valence-corrected chi connectivity index (χ1v) is 9.50. The molecule has 29 heavy (non-hydrogen) atoms. The number of furan rings is 1. The lowest BCUT2D eigenvalue weighted by molar-refractivity contribution is 0.0943. The Hall–Kier alpha value is -3.42. The van der Waals surface area contributed by atoms with E-state index >= 15 is 0 Å². The molecule has 3 heterocycles. The van der Waals surface area contributed by atoms with Gasteiger partial charge in [-0.2, -0.15) is 0 Å². The number of nitrogens with zero attached hydrogens (tertiary/aromatic N) is 4. The first kappa shape index (κ1) is 18.9. The molecule has 1 aliphatic heterocycles. The fourth-order valence-electron chi connectivity index (χ4n) is 3.30. The van der Waals surface area contributed by atoms with Crippen LogP contribution in [0.2, 0.25) is 0 Å². The molecule has 4 rings (SSSR count). The van der Waals surface area contributed by atoms with Gasteiger partial charge in [0.05, 0.1) is 12.8 Å². The van der Waals surface area contributed by atoms with Crippen molar-refractivity contribution in [3.05, 3.63) is 71.7 Å². The average molecular weight is 395 g/mol. The van der Waals surface area contributed by atoms with Gasteiger partial charge in [-0.25, -0.2) is 14.4 Å². The van der Waals surface area contributed by atoms with Crippen LogP contribution >= 0.6 is 0 Å². The third-order valence-electron chi connectivity index (χ3n) is 4.83. The summed E-state index contributed by atoms with van der Waals surface area (Å²) in [5.74, 6) is 0.727. The predicted octanol–water partition coefficient (Wildman–Crippen LogP) is 2.77. The standard InChI is InChI=1S/C21H22FN5O2/c1-15-13-19(20(28)23-14-18-3-2-12-29-18)25-21(24-15)27-10-8-26(9-11-27)17-6-4-16(22)5-7-17/h2-7,12-13H,8-11,14H2,1H3,(H,23,28). The minimum atomic E-state index is -0.266. The quantitative estimate of drug-likeness (QED) is 0.716. The van der Waals surface area contributed by atoms with Gasteiger partial charge in [-0.1, -0.05) is 0 Å². The molecule has 0 unspecified atom stereocenters. The maximum Gasteiger partial charge on any atom is 0.270 e. The van der Waals surface area contributed by atoms with Crippen LogP contribution in [0.15, 0.2) is 53.1 Å². The van der Waals surface area contributed by atoms with Crippen LogP contribution in [0.5, 0.6) is 0 Å². The van der Waals surface area contributed by atoms with Crippen molar-refractivity contribution in [2.75, 3.05) is 36.0 Å². The number of halogens is 1. The van der Waals surface area contributed by atoms with Crippen molar-refractivity contribution in [2.24, 2.45) is 0 Å². The molecule has 1 saturated heterocycles. The number of hydrogen-bond acceptors (Lipinski definition) is 6. The maximum absolute atomic E-state index is 13.1. The van der Waals surface area contributed by atoms with Crippen LogP contribution in [-0.4, -0.2) is 42.1 Å². The monoisotopic (exact) mass is 395 g/mol. The van der Waals surface area contributed by atoms with Crippen molar-refractivity contribution >= 4 is 17.5 Å². The number of anilines is 2. The van der Waals surface area contributed by atoms with Crippen LogP contribution in [0.3, 0.4) is 0 Å². The number of hydrogen-bond donors (Lipinski definition) is 1. The molecule has 0 bridgehead atoms. The molecule has 7 nitrogen and oxygen atoms in total. The van der Waals surface area contributed by atoms with Gasteiger partial charge < -0.3 is 19.5 Å². The molecular formula is C21H22FN5O2. The van der Waals surface area contributed by atoms with E-state index in [0.717, 1.165) is 24.5 Å². The van der Waals surface area contributed by atoms with Gasteiger partial charge in [0.2, 0.25) is 5.95 Å². The summed E-state index contributed by atoms with van der Waals surface area (Å²) < 4.78 is 18.4. The third-order valence-corrected chi connectivity index (χ3v) is 4.83. The van der Waals surface area contributed by atoms with Crippen LogP contribution in [0.1, 0.15) is 21.9 Å². The van der Waals surface area contributed by atoms with Crippen LogP contribution in [-0.2, 0) is 6.54 Å². The Morgan fingerprint density at radius 3 is 2.52 bits per heavy atom. The summed E-state index contributed by atoms with van der Waals surface area (Å²) in [4.78, 5) is 25.7. The highest BCUT2D eigenvalue weighted by molar-refractivity contribution is 5.92. The summed E-state index contributed by atoms with van der Waals surface area (Å²) in [7, 11) is 0. The van der Waals surface area contributed by atoms with Crippen molar-refractivity contribution in [1.82, 2.24) is 15.3 Å². The molecule has 8 heteroatoms. The van der Waals surface area contributed by atoms with Crippen LogP contribution in [0.4, 0.5) is 16.0 Å². The normalized spacial score (nSPS) is 14.1. The molecule has 1 N–H and O–H groups in total. The number of carbonyl (C=O) groups excluding carboxylic acids is 1. The predicted molar refractivity (Wildman–Crippen MR) is 107 cm³/mol. The van der Waals surface area contributed by atoms with Gasteiger partial charge in [0.1, 0.15) is 17.3 Å². The molecule has 1 aromatic carbocycles. The third kappa shape index (κ3) is 4.53. The second-order valence-corrected chi connectivity index (χ2v) is 6.91. The topological polar surface area (TPSA) is 74.5 Å². The Kier molecular flexibility index (Phi) is 5.41. The minimum Gasteiger partial charge on any atom is -0.467 e. The highest BCUT2D eigenvalue weighted by Gasteiger charge is 2.21. The van der Waals surface area contributed by atoms with Gasteiger partial charge in [0.25, 0.3) is 5.91 Å². The molecule has 1 aliphatic rings. The van der Waals surface area contributed by atoms with Gasteiger partial charge >= 0.3 is 0 Å². The number of nitrogens with one attached hydrogen (secondary N) is 1. The molecule has 3 aromatic rings. The highest BCUT2D eigenvalue weighted by Crippen LogP contribution is 2.19. The van der Waals surface area contributed by atoms with Crippen molar-refractivity contribution < 1.29 is 13.6 Å². The number of amides is 1. The zero-order chi connectivity index (χ0) is 20.2. The number of piperazine rings is 1.